The van der Waals surface area contributed by atoms with Crippen LogP contribution in [0.25, 0.3) is 0 Å². The summed E-state index contributed by atoms with van der Waals surface area (Å²) in [5.74, 6) is 0.442. The molecule has 0 amide bonds. The third kappa shape index (κ3) is 2.50. The van der Waals surface area contributed by atoms with Crippen molar-refractivity contribution in [2.45, 2.75) is 10.9 Å². The molecule has 9 heteroatoms. The van der Waals surface area contributed by atoms with E-state index in [0.29, 0.717) is 18.8 Å². The zero-order valence-corrected chi connectivity index (χ0v) is 12.8. The Labute approximate surface area is 127 Å². The second-order valence-corrected chi connectivity index (χ2v) is 6.97. The Morgan fingerprint density at radius 1 is 1.29 bits per heavy atom. The van der Waals surface area contributed by atoms with Gasteiger partial charge in [0.15, 0.2) is 0 Å². The fraction of sp³-hybridized carbons (Fsp3) is 0.333. The number of ether oxygens (including phenoxy) is 1. The maximum Gasteiger partial charge on any atom is 0.243 e. The minimum absolute atomic E-state index is 0.0245. The molecule has 1 saturated heterocycles. The highest BCUT2D eigenvalue weighted by Gasteiger charge is 2.38. The average molecular weight is 329 g/mol. The van der Waals surface area contributed by atoms with Crippen LogP contribution in [0.3, 0.4) is 0 Å². The second-order valence-electron chi connectivity index (χ2n) is 4.62. The minimum Gasteiger partial charge on any atom is -0.495 e. The first kappa shape index (κ1) is 14.3. The molecule has 21 heavy (non-hydrogen) atoms. The summed E-state index contributed by atoms with van der Waals surface area (Å²) >= 11 is 5.98. The molecule has 7 nitrogen and oxygen atoms in total. The van der Waals surface area contributed by atoms with Crippen molar-refractivity contribution in [2.75, 3.05) is 20.2 Å². The van der Waals surface area contributed by atoms with Crippen LogP contribution in [-0.2, 0) is 10.0 Å². The molecule has 1 aromatic heterocycles. The molecule has 2 aromatic rings. The molecular formula is C12H13ClN4O3S. The van der Waals surface area contributed by atoms with Gasteiger partial charge in [0.1, 0.15) is 5.75 Å². The van der Waals surface area contributed by atoms with Gasteiger partial charge in [0, 0.05) is 13.1 Å². The molecule has 0 aliphatic carbocycles. The van der Waals surface area contributed by atoms with Gasteiger partial charge in [-0.05, 0) is 18.2 Å². The number of rotatable bonds is 4. The molecular weight excluding hydrogens is 316 g/mol. The number of hydrogen-bond donors (Lipinski definition) is 0. The topological polar surface area (TPSA) is 77.3 Å². The van der Waals surface area contributed by atoms with Crippen LogP contribution >= 0.6 is 11.6 Å². The molecule has 0 radical (unpaired) electrons. The Morgan fingerprint density at radius 3 is 2.52 bits per heavy atom. The first-order valence-corrected chi connectivity index (χ1v) is 8.03. The quantitative estimate of drug-likeness (QED) is 0.842. The van der Waals surface area contributed by atoms with Gasteiger partial charge in [0.25, 0.3) is 0 Å². The Balaban J connectivity index is 1.78. The molecule has 0 spiro atoms. The predicted molar refractivity (Wildman–Crippen MR) is 75.8 cm³/mol. The van der Waals surface area contributed by atoms with Crippen LogP contribution in [0.2, 0.25) is 5.02 Å². The van der Waals surface area contributed by atoms with E-state index in [9.17, 15) is 8.42 Å². The molecule has 3 rings (SSSR count). The van der Waals surface area contributed by atoms with Crippen LogP contribution in [0, 0.1) is 0 Å². The van der Waals surface area contributed by atoms with Gasteiger partial charge in [-0.25, -0.2) is 8.42 Å². The molecule has 2 heterocycles. The molecule has 1 fully saturated rings. The summed E-state index contributed by atoms with van der Waals surface area (Å²) in [5.41, 5.74) is 0. The Bertz CT molecular complexity index is 742. The summed E-state index contributed by atoms with van der Waals surface area (Å²) in [4.78, 5) is 1.67. The molecule has 0 atom stereocenters. The maximum absolute atomic E-state index is 12.5. The number of hydrogen-bond acceptors (Lipinski definition) is 5. The van der Waals surface area contributed by atoms with Crippen molar-refractivity contribution in [3.05, 3.63) is 35.6 Å². The van der Waals surface area contributed by atoms with Gasteiger partial charge >= 0.3 is 0 Å². The van der Waals surface area contributed by atoms with Crippen molar-refractivity contribution in [1.82, 2.24) is 19.3 Å². The van der Waals surface area contributed by atoms with E-state index in [1.54, 1.807) is 18.5 Å². The van der Waals surface area contributed by atoms with Crippen LogP contribution in [0.1, 0.15) is 6.04 Å². The number of sulfonamides is 1. The van der Waals surface area contributed by atoms with Gasteiger partial charge in [-0.2, -0.15) is 19.3 Å². The molecule has 0 saturated carbocycles. The van der Waals surface area contributed by atoms with Crippen molar-refractivity contribution in [3.63, 3.8) is 0 Å². The first-order chi connectivity index (χ1) is 10.0. The van der Waals surface area contributed by atoms with E-state index >= 15 is 0 Å². The smallest absolute Gasteiger partial charge is 0.243 e. The van der Waals surface area contributed by atoms with Gasteiger partial charge < -0.3 is 4.74 Å². The van der Waals surface area contributed by atoms with Crippen LogP contribution in [0.5, 0.6) is 5.75 Å². The van der Waals surface area contributed by atoms with E-state index in [1.165, 1.54) is 28.3 Å². The van der Waals surface area contributed by atoms with Crippen LogP contribution in [0.15, 0.2) is 35.5 Å². The lowest BCUT2D eigenvalue weighted by Crippen LogP contribution is -2.51. The summed E-state index contributed by atoms with van der Waals surface area (Å²) in [6.07, 6.45) is 3.14. The molecule has 0 N–H and O–H groups in total. The number of benzene rings is 1. The van der Waals surface area contributed by atoms with Gasteiger partial charge in [-0.15, -0.1) is 0 Å². The van der Waals surface area contributed by atoms with Crippen molar-refractivity contribution in [1.29, 1.82) is 0 Å². The third-order valence-corrected chi connectivity index (χ3v) is 5.48. The molecule has 0 bridgehead atoms. The molecule has 1 aromatic carbocycles. The van der Waals surface area contributed by atoms with Gasteiger partial charge in [-0.3, -0.25) is 0 Å². The van der Waals surface area contributed by atoms with E-state index in [1.807, 2.05) is 0 Å². The number of methoxy groups -OCH3 is 1. The van der Waals surface area contributed by atoms with E-state index in [4.69, 9.17) is 16.3 Å². The highest BCUT2D eigenvalue weighted by molar-refractivity contribution is 7.89. The Morgan fingerprint density at radius 2 is 1.95 bits per heavy atom. The molecule has 0 unspecified atom stereocenters. The normalized spacial score (nSPS) is 16.7. The second kappa shape index (κ2) is 5.28. The van der Waals surface area contributed by atoms with Crippen molar-refractivity contribution >= 4 is 21.6 Å². The summed E-state index contributed by atoms with van der Waals surface area (Å²) in [6.45, 7) is 0.696. The van der Waals surface area contributed by atoms with Crippen LogP contribution in [0.4, 0.5) is 0 Å². The van der Waals surface area contributed by atoms with Crippen LogP contribution < -0.4 is 4.74 Å². The van der Waals surface area contributed by atoms with Crippen molar-refractivity contribution in [2.24, 2.45) is 0 Å². The number of aromatic nitrogens is 3. The molecule has 112 valence electrons. The molecule has 1 aliphatic heterocycles. The lowest BCUT2D eigenvalue weighted by atomic mass is 10.2. The van der Waals surface area contributed by atoms with Gasteiger partial charge in [0.05, 0.1) is 35.5 Å². The van der Waals surface area contributed by atoms with Crippen molar-refractivity contribution in [3.8, 4) is 5.75 Å². The Hall–Kier alpha value is -1.64. The first-order valence-electron chi connectivity index (χ1n) is 6.22. The van der Waals surface area contributed by atoms with E-state index in [0.717, 1.165) is 0 Å². The number of halogens is 1. The Kier molecular flexibility index (Phi) is 3.60. The average Bonchev–Trinajstić information content (AvgIpc) is 2.90. The third-order valence-electron chi connectivity index (χ3n) is 3.35. The summed E-state index contributed by atoms with van der Waals surface area (Å²) in [5, 5.41) is 8.29. The summed E-state index contributed by atoms with van der Waals surface area (Å²) in [6, 6.07) is 4.40. The lowest BCUT2D eigenvalue weighted by Gasteiger charge is -2.37. The zero-order chi connectivity index (χ0) is 15.0. The maximum atomic E-state index is 12.5. The fourth-order valence-electron chi connectivity index (χ4n) is 2.13. The highest BCUT2D eigenvalue weighted by atomic mass is 35.5. The predicted octanol–water partition coefficient (Wildman–Crippen LogP) is 1.19. The summed E-state index contributed by atoms with van der Waals surface area (Å²) < 4.78 is 31.3. The standard InChI is InChI=1S/C12H13ClN4O3S/c1-20-12-3-2-10(6-11(12)13)21(18,19)16-7-9(8-16)17-14-4-5-15-17/h2-6,9H,7-8H2,1H3. The number of nitrogens with zero attached hydrogens (tertiary/aromatic N) is 4. The van der Waals surface area contributed by atoms with E-state index in [2.05, 4.69) is 10.2 Å². The highest BCUT2D eigenvalue weighted by Crippen LogP contribution is 2.31. The van der Waals surface area contributed by atoms with E-state index in [-0.39, 0.29) is 16.0 Å². The zero-order valence-electron chi connectivity index (χ0n) is 11.2. The molecule has 1 aliphatic rings. The SMILES string of the molecule is COc1ccc(S(=O)(=O)N2CC(n3nccn3)C2)cc1Cl. The van der Waals surface area contributed by atoms with Crippen LogP contribution in [-0.4, -0.2) is 47.9 Å². The fourth-order valence-corrected chi connectivity index (χ4v) is 3.99. The van der Waals surface area contributed by atoms with E-state index < -0.39 is 10.0 Å². The van der Waals surface area contributed by atoms with Gasteiger partial charge in [-0.1, -0.05) is 11.6 Å². The largest absolute Gasteiger partial charge is 0.495 e. The monoisotopic (exact) mass is 328 g/mol. The lowest BCUT2D eigenvalue weighted by molar-refractivity contribution is 0.175. The van der Waals surface area contributed by atoms with Gasteiger partial charge in [0.2, 0.25) is 10.0 Å². The van der Waals surface area contributed by atoms with Crippen molar-refractivity contribution < 1.29 is 13.2 Å². The summed E-state index contributed by atoms with van der Waals surface area (Å²) in [7, 11) is -2.07. The minimum atomic E-state index is -3.55.